The number of hydrogen-bond acceptors (Lipinski definition) is 4. The number of fused-ring (bicyclic) bond motifs is 2. The summed E-state index contributed by atoms with van der Waals surface area (Å²) < 4.78 is 5.79. The molecule has 4 nitrogen and oxygen atoms in total. The molecule has 0 radical (unpaired) electrons. The van der Waals surface area contributed by atoms with E-state index in [0.29, 0.717) is 0 Å². The van der Waals surface area contributed by atoms with Crippen LogP contribution in [0.3, 0.4) is 0 Å². The third kappa shape index (κ3) is 7.19. The predicted octanol–water partition coefficient (Wildman–Crippen LogP) is 3.40. The van der Waals surface area contributed by atoms with Gasteiger partial charge < -0.3 is 19.6 Å². The summed E-state index contributed by atoms with van der Waals surface area (Å²) in [5.41, 5.74) is 1.26. The molecule has 152 valence electrons. The van der Waals surface area contributed by atoms with Gasteiger partial charge in [-0.3, -0.25) is 0 Å². The lowest BCUT2D eigenvalue weighted by molar-refractivity contribution is 0.00824. The molecule has 2 saturated heterocycles. The molecule has 0 aromatic heterocycles. The quantitative estimate of drug-likeness (QED) is 0.602. The fourth-order valence-corrected chi connectivity index (χ4v) is 4.73. The molecule has 4 heteroatoms. The Kier molecular flexibility index (Phi) is 8.59. The molecule has 2 aliphatic rings. The molecular formula is C23H38N2O2. The van der Waals surface area contributed by atoms with E-state index in [1.807, 2.05) is 6.07 Å². The highest BCUT2D eigenvalue weighted by Crippen LogP contribution is 2.29. The van der Waals surface area contributed by atoms with Crippen LogP contribution in [0.1, 0.15) is 44.6 Å². The van der Waals surface area contributed by atoms with Gasteiger partial charge >= 0.3 is 0 Å². The molecule has 2 bridgehead atoms. The van der Waals surface area contributed by atoms with Crippen LogP contribution in [0.25, 0.3) is 0 Å². The summed E-state index contributed by atoms with van der Waals surface area (Å²) in [6, 6.07) is 10.4. The molecule has 27 heavy (non-hydrogen) atoms. The Hall–Kier alpha value is -0.940. The van der Waals surface area contributed by atoms with Gasteiger partial charge in [0.25, 0.3) is 0 Å². The molecule has 0 saturated carbocycles. The normalized spacial score (nSPS) is 24.8. The summed E-state index contributed by atoms with van der Waals surface area (Å²) in [5.74, 6) is 1.60. The number of aliphatic hydroxyl groups is 1. The second-order valence-electron chi connectivity index (χ2n) is 8.61. The first kappa shape index (κ1) is 20.8. The van der Waals surface area contributed by atoms with Gasteiger partial charge in [0.15, 0.2) is 0 Å². The minimum absolute atomic E-state index is 0.149. The van der Waals surface area contributed by atoms with Crippen molar-refractivity contribution in [3.05, 3.63) is 35.9 Å². The minimum Gasteiger partial charge on any atom is -0.392 e. The van der Waals surface area contributed by atoms with Crippen LogP contribution >= 0.6 is 0 Å². The van der Waals surface area contributed by atoms with Crippen molar-refractivity contribution >= 4 is 0 Å². The Bertz CT molecular complexity index is 510. The number of β-amino-alcohol motifs (C(OH)–C–C–N with tert-alkyl or cyclic N) is 1. The number of hydrogen-bond donors (Lipinski definition) is 1. The van der Waals surface area contributed by atoms with Crippen LogP contribution in [0.4, 0.5) is 0 Å². The number of benzene rings is 1. The van der Waals surface area contributed by atoms with Gasteiger partial charge in [-0.2, -0.15) is 0 Å². The van der Waals surface area contributed by atoms with Crippen molar-refractivity contribution in [1.82, 2.24) is 9.80 Å². The van der Waals surface area contributed by atoms with Crippen molar-refractivity contribution in [2.45, 2.75) is 51.7 Å². The van der Waals surface area contributed by atoms with Gasteiger partial charge in [-0.15, -0.1) is 0 Å². The van der Waals surface area contributed by atoms with Crippen LogP contribution < -0.4 is 0 Å². The second-order valence-corrected chi connectivity index (χ2v) is 8.61. The lowest BCUT2D eigenvalue weighted by Crippen LogP contribution is -2.53. The van der Waals surface area contributed by atoms with Crippen molar-refractivity contribution in [3.63, 3.8) is 0 Å². The summed E-state index contributed by atoms with van der Waals surface area (Å²) in [4.78, 5) is 5.20. The predicted molar refractivity (Wildman–Crippen MR) is 111 cm³/mol. The van der Waals surface area contributed by atoms with Crippen molar-refractivity contribution in [3.8, 4) is 0 Å². The molecule has 3 atom stereocenters. The standard InChI is InChI=1S/C23H38N2O2/c1-2-23(26)18-25-16-21-13-22(17-25)15-24(14-21)11-7-4-8-12-27-19-20-9-5-3-6-10-20/h3,5-6,9-10,21-23,26H,2,4,7-8,11-19H2,1H3/t21-,22?,23-/m0/s1. The number of nitrogens with zero attached hydrogens (tertiary/aromatic N) is 2. The van der Waals surface area contributed by atoms with Gasteiger partial charge in [0.2, 0.25) is 0 Å². The third-order valence-electron chi connectivity index (χ3n) is 6.05. The number of ether oxygens (including phenoxy) is 1. The summed E-state index contributed by atoms with van der Waals surface area (Å²) in [6.07, 6.45) is 5.82. The highest BCUT2D eigenvalue weighted by Gasteiger charge is 2.34. The van der Waals surface area contributed by atoms with E-state index in [1.54, 1.807) is 0 Å². The fraction of sp³-hybridized carbons (Fsp3) is 0.739. The van der Waals surface area contributed by atoms with Crippen LogP contribution in [0.15, 0.2) is 30.3 Å². The maximum atomic E-state index is 9.93. The molecule has 0 amide bonds. The summed E-state index contributed by atoms with van der Waals surface area (Å²) in [6.45, 7) is 10.6. The number of rotatable bonds is 11. The van der Waals surface area contributed by atoms with Gasteiger partial charge in [0.1, 0.15) is 0 Å². The number of aliphatic hydroxyl groups excluding tert-OH is 1. The van der Waals surface area contributed by atoms with Gasteiger partial charge in [0, 0.05) is 39.3 Å². The molecule has 2 fully saturated rings. The monoisotopic (exact) mass is 374 g/mol. The summed E-state index contributed by atoms with van der Waals surface area (Å²) in [7, 11) is 0. The Morgan fingerprint density at radius 2 is 1.70 bits per heavy atom. The minimum atomic E-state index is -0.149. The summed E-state index contributed by atoms with van der Waals surface area (Å²) >= 11 is 0. The zero-order valence-corrected chi connectivity index (χ0v) is 17.1. The molecule has 0 spiro atoms. The van der Waals surface area contributed by atoms with E-state index in [-0.39, 0.29) is 6.10 Å². The molecule has 1 unspecified atom stereocenters. The smallest absolute Gasteiger partial charge is 0.0716 e. The Balaban J connectivity index is 1.24. The lowest BCUT2D eigenvalue weighted by atomic mass is 9.84. The average molecular weight is 375 g/mol. The van der Waals surface area contributed by atoms with E-state index >= 15 is 0 Å². The van der Waals surface area contributed by atoms with E-state index in [9.17, 15) is 5.11 Å². The van der Waals surface area contributed by atoms with E-state index in [4.69, 9.17) is 4.74 Å². The molecule has 1 aromatic carbocycles. The van der Waals surface area contributed by atoms with Crippen LogP contribution in [-0.4, -0.2) is 66.9 Å². The third-order valence-corrected chi connectivity index (χ3v) is 6.05. The van der Waals surface area contributed by atoms with E-state index < -0.39 is 0 Å². The van der Waals surface area contributed by atoms with Crippen molar-refractivity contribution in [2.75, 3.05) is 45.9 Å². The molecule has 2 aliphatic heterocycles. The van der Waals surface area contributed by atoms with Gasteiger partial charge in [-0.25, -0.2) is 0 Å². The van der Waals surface area contributed by atoms with E-state index in [1.165, 1.54) is 57.5 Å². The number of unbranched alkanes of at least 4 members (excludes halogenated alkanes) is 2. The van der Waals surface area contributed by atoms with Crippen molar-refractivity contribution < 1.29 is 9.84 Å². The lowest BCUT2D eigenvalue weighted by Gasteiger charge is -2.46. The zero-order valence-electron chi connectivity index (χ0n) is 17.1. The highest BCUT2D eigenvalue weighted by atomic mass is 16.5. The van der Waals surface area contributed by atoms with Crippen LogP contribution in [0, 0.1) is 11.8 Å². The maximum Gasteiger partial charge on any atom is 0.0716 e. The van der Waals surface area contributed by atoms with Gasteiger partial charge in [-0.05, 0) is 56.0 Å². The molecule has 0 aliphatic carbocycles. The highest BCUT2D eigenvalue weighted by molar-refractivity contribution is 5.13. The average Bonchev–Trinajstić information content (AvgIpc) is 2.67. The van der Waals surface area contributed by atoms with Gasteiger partial charge in [0.05, 0.1) is 12.7 Å². The fourth-order valence-electron chi connectivity index (χ4n) is 4.73. The SMILES string of the molecule is CC[C@H](O)CN1CC2C[C@@H](CN(CCCCCOCc3ccccc3)C2)C1. The second kappa shape index (κ2) is 11.2. The molecule has 1 N–H and O–H groups in total. The Labute approximate surface area is 165 Å². The largest absolute Gasteiger partial charge is 0.392 e. The van der Waals surface area contributed by atoms with E-state index in [0.717, 1.165) is 44.4 Å². The van der Waals surface area contributed by atoms with Crippen LogP contribution in [0.2, 0.25) is 0 Å². The first-order valence-electron chi connectivity index (χ1n) is 11.0. The molecule has 2 heterocycles. The molecular weight excluding hydrogens is 336 g/mol. The van der Waals surface area contributed by atoms with Gasteiger partial charge in [-0.1, -0.05) is 37.3 Å². The van der Waals surface area contributed by atoms with Crippen molar-refractivity contribution in [2.24, 2.45) is 11.8 Å². The molecule has 1 aromatic rings. The maximum absolute atomic E-state index is 9.93. The van der Waals surface area contributed by atoms with E-state index in [2.05, 4.69) is 41.0 Å². The Morgan fingerprint density at radius 1 is 1.00 bits per heavy atom. The summed E-state index contributed by atoms with van der Waals surface area (Å²) in [5, 5.41) is 9.93. The first-order chi connectivity index (χ1) is 13.2. The molecule has 3 rings (SSSR count). The number of piperidine rings is 2. The van der Waals surface area contributed by atoms with Crippen LogP contribution in [0.5, 0.6) is 0 Å². The first-order valence-corrected chi connectivity index (χ1v) is 11.0. The Morgan fingerprint density at radius 3 is 2.41 bits per heavy atom. The number of likely N-dealkylation sites (tertiary alicyclic amines) is 2. The topological polar surface area (TPSA) is 35.9 Å². The van der Waals surface area contributed by atoms with Crippen molar-refractivity contribution in [1.29, 1.82) is 0 Å². The zero-order chi connectivity index (χ0) is 18.9. The van der Waals surface area contributed by atoms with Crippen LogP contribution in [-0.2, 0) is 11.3 Å².